The third-order valence-corrected chi connectivity index (χ3v) is 5.87. The molecule has 6 heteroatoms. The molecule has 0 radical (unpaired) electrons. The van der Waals surface area contributed by atoms with Crippen molar-refractivity contribution in [2.75, 3.05) is 13.2 Å². The highest BCUT2D eigenvalue weighted by atomic mass is 16.9. The Bertz CT molecular complexity index is 463. The maximum Gasteiger partial charge on any atom is 0.283 e. The molecule has 6 atom stereocenters. The molecule has 0 aliphatic carbocycles. The summed E-state index contributed by atoms with van der Waals surface area (Å²) in [5.74, 6) is -0.825. The lowest BCUT2D eigenvalue weighted by molar-refractivity contribution is -0.373. The minimum atomic E-state index is -0.825. The van der Waals surface area contributed by atoms with Crippen molar-refractivity contribution in [2.45, 2.75) is 94.0 Å². The lowest BCUT2D eigenvalue weighted by Crippen LogP contribution is -2.46. The topological polar surface area (TPSA) is 66.4 Å². The van der Waals surface area contributed by atoms with Crippen molar-refractivity contribution in [3.05, 3.63) is 12.7 Å². The minimum absolute atomic E-state index is 0.0282. The Labute approximate surface area is 149 Å². The molecule has 0 aromatic rings. The van der Waals surface area contributed by atoms with Gasteiger partial charge in [0, 0.05) is 6.42 Å². The van der Waals surface area contributed by atoms with E-state index in [4.69, 9.17) is 23.7 Å². The Morgan fingerprint density at radius 3 is 2.40 bits per heavy atom. The summed E-state index contributed by atoms with van der Waals surface area (Å²) in [6.45, 7) is 4.89. The molecule has 0 aromatic heterocycles. The van der Waals surface area contributed by atoms with Crippen molar-refractivity contribution in [1.29, 1.82) is 0 Å². The number of ether oxygens (including phenoxy) is 5. The van der Waals surface area contributed by atoms with Crippen LogP contribution >= 0.6 is 0 Å². The molecular weight excluding hydrogens is 324 g/mol. The second-order valence-electron chi connectivity index (χ2n) is 7.60. The van der Waals surface area contributed by atoms with Crippen molar-refractivity contribution < 1.29 is 28.8 Å². The number of aliphatic hydroxyl groups excluding tert-OH is 1. The third-order valence-electron chi connectivity index (χ3n) is 5.87. The van der Waals surface area contributed by atoms with Crippen molar-refractivity contribution in [3.8, 4) is 0 Å². The fourth-order valence-corrected chi connectivity index (χ4v) is 4.58. The van der Waals surface area contributed by atoms with Crippen LogP contribution in [-0.2, 0) is 23.7 Å². The average Bonchev–Trinajstić information content (AvgIpc) is 3.35. The first kappa shape index (κ1) is 17.9. The highest BCUT2D eigenvalue weighted by molar-refractivity contribution is 4.91. The minimum Gasteiger partial charge on any atom is -0.390 e. The Balaban J connectivity index is 1.29. The highest BCUT2D eigenvalue weighted by Gasteiger charge is 2.48. The SMILES string of the molecule is C=CC[C@H](O)[C@H]1CC[C@@H]([C@H]2CC[C@H]([C@@H]3CCCC4(OCCO4)O3)O2)O1. The van der Waals surface area contributed by atoms with Gasteiger partial charge in [-0.2, -0.15) is 0 Å². The predicted molar refractivity (Wildman–Crippen MR) is 90.0 cm³/mol. The van der Waals surface area contributed by atoms with Crippen LogP contribution in [0.5, 0.6) is 0 Å². The Hall–Kier alpha value is -0.500. The van der Waals surface area contributed by atoms with Crippen molar-refractivity contribution in [1.82, 2.24) is 0 Å². The molecule has 0 amide bonds. The van der Waals surface area contributed by atoms with E-state index in [0.717, 1.165) is 44.9 Å². The van der Waals surface area contributed by atoms with Gasteiger partial charge in [-0.25, -0.2) is 0 Å². The molecule has 6 nitrogen and oxygen atoms in total. The van der Waals surface area contributed by atoms with E-state index >= 15 is 0 Å². The molecule has 1 N–H and O–H groups in total. The average molecular weight is 354 g/mol. The molecule has 0 bridgehead atoms. The molecule has 4 heterocycles. The monoisotopic (exact) mass is 354 g/mol. The molecular formula is C19H30O6. The van der Waals surface area contributed by atoms with E-state index in [0.29, 0.717) is 19.6 Å². The predicted octanol–water partition coefficient (Wildman–Crippen LogP) is 2.29. The maximum absolute atomic E-state index is 10.1. The lowest BCUT2D eigenvalue weighted by Gasteiger charge is -2.38. The fourth-order valence-electron chi connectivity index (χ4n) is 4.58. The summed E-state index contributed by atoms with van der Waals surface area (Å²) in [7, 11) is 0. The number of hydrogen-bond acceptors (Lipinski definition) is 6. The first-order valence-corrected chi connectivity index (χ1v) is 9.75. The molecule has 4 fully saturated rings. The fraction of sp³-hybridized carbons (Fsp3) is 0.895. The van der Waals surface area contributed by atoms with E-state index in [2.05, 4.69) is 6.58 Å². The van der Waals surface area contributed by atoms with Gasteiger partial charge in [0.1, 0.15) is 0 Å². The molecule has 4 rings (SSSR count). The van der Waals surface area contributed by atoms with Gasteiger partial charge < -0.3 is 28.8 Å². The summed E-state index contributed by atoms with van der Waals surface area (Å²) in [5.41, 5.74) is 0. The van der Waals surface area contributed by atoms with Gasteiger partial charge in [0.25, 0.3) is 5.97 Å². The second-order valence-corrected chi connectivity index (χ2v) is 7.60. The summed E-state index contributed by atoms with van der Waals surface area (Å²) in [5, 5.41) is 10.1. The summed E-state index contributed by atoms with van der Waals surface area (Å²) in [6.07, 6.45) is 8.64. The van der Waals surface area contributed by atoms with Crippen LogP contribution in [0.15, 0.2) is 12.7 Å². The van der Waals surface area contributed by atoms with Crippen LogP contribution in [0, 0.1) is 0 Å². The lowest BCUT2D eigenvalue weighted by atomic mass is 9.99. The Morgan fingerprint density at radius 1 is 0.960 bits per heavy atom. The van der Waals surface area contributed by atoms with Crippen LogP contribution in [0.4, 0.5) is 0 Å². The van der Waals surface area contributed by atoms with E-state index in [1.54, 1.807) is 6.08 Å². The van der Waals surface area contributed by atoms with Crippen LogP contribution in [0.1, 0.15) is 51.4 Å². The summed E-state index contributed by atoms with van der Waals surface area (Å²) in [6, 6.07) is 0. The quantitative estimate of drug-likeness (QED) is 0.764. The van der Waals surface area contributed by atoms with Crippen LogP contribution in [0.25, 0.3) is 0 Å². The molecule has 4 aliphatic rings. The number of rotatable bonds is 5. The van der Waals surface area contributed by atoms with Gasteiger partial charge in [-0.3, -0.25) is 0 Å². The summed E-state index contributed by atoms with van der Waals surface area (Å²) in [4.78, 5) is 0. The zero-order chi connectivity index (χ0) is 17.3. The molecule has 4 aliphatic heterocycles. The molecule has 0 unspecified atom stereocenters. The van der Waals surface area contributed by atoms with E-state index < -0.39 is 12.1 Å². The van der Waals surface area contributed by atoms with Gasteiger partial charge >= 0.3 is 0 Å². The van der Waals surface area contributed by atoms with E-state index in [-0.39, 0.29) is 30.5 Å². The standard InChI is InChI=1S/C19H30O6/c1-2-4-13(20)14-6-7-15(23-14)16-8-9-17(24-16)18-5-3-10-19(25-18)21-11-12-22-19/h2,13-18,20H,1,3-12H2/t13-,14+,15-,16+,17+,18-/m0/s1. The van der Waals surface area contributed by atoms with Gasteiger partial charge in [-0.1, -0.05) is 6.08 Å². The maximum atomic E-state index is 10.1. The largest absolute Gasteiger partial charge is 0.390 e. The molecule has 142 valence electrons. The van der Waals surface area contributed by atoms with Gasteiger partial charge in [0.2, 0.25) is 0 Å². The van der Waals surface area contributed by atoms with Gasteiger partial charge in [0.15, 0.2) is 0 Å². The zero-order valence-corrected chi connectivity index (χ0v) is 14.8. The zero-order valence-electron chi connectivity index (χ0n) is 14.8. The molecule has 0 saturated carbocycles. The van der Waals surface area contributed by atoms with Crippen LogP contribution in [0.3, 0.4) is 0 Å². The number of hydrogen-bond donors (Lipinski definition) is 1. The van der Waals surface area contributed by atoms with E-state index in [1.807, 2.05) is 0 Å². The summed E-state index contributed by atoms with van der Waals surface area (Å²) < 4.78 is 29.9. The number of aliphatic hydroxyl groups is 1. The van der Waals surface area contributed by atoms with E-state index in [1.165, 1.54) is 0 Å². The molecule has 25 heavy (non-hydrogen) atoms. The molecule has 0 aromatic carbocycles. The third kappa shape index (κ3) is 3.80. The van der Waals surface area contributed by atoms with Crippen molar-refractivity contribution >= 4 is 0 Å². The highest BCUT2D eigenvalue weighted by Crippen LogP contribution is 2.40. The molecule has 4 saturated heterocycles. The smallest absolute Gasteiger partial charge is 0.283 e. The van der Waals surface area contributed by atoms with Crippen LogP contribution < -0.4 is 0 Å². The molecule has 1 spiro atoms. The van der Waals surface area contributed by atoms with E-state index in [9.17, 15) is 5.11 Å². The normalized spacial score (nSPS) is 42.0. The van der Waals surface area contributed by atoms with Crippen molar-refractivity contribution in [3.63, 3.8) is 0 Å². The van der Waals surface area contributed by atoms with Gasteiger partial charge in [-0.05, 0) is 44.9 Å². The Morgan fingerprint density at radius 2 is 1.64 bits per heavy atom. The first-order chi connectivity index (χ1) is 12.2. The first-order valence-electron chi connectivity index (χ1n) is 9.75. The Kier molecular flexibility index (Phi) is 5.46. The van der Waals surface area contributed by atoms with Crippen LogP contribution in [-0.4, -0.2) is 60.9 Å². The van der Waals surface area contributed by atoms with Crippen LogP contribution in [0.2, 0.25) is 0 Å². The van der Waals surface area contributed by atoms with Gasteiger partial charge in [0.05, 0.1) is 49.8 Å². The second kappa shape index (κ2) is 7.62. The van der Waals surface area contributed by atoms with Gasteiger partial charge in [-0.15, -0.1) is 6.58 Å². The van der Waals surface area contributed by atoms with Crippen molar-refractivity contribution in [2.24, 2.45) is 0 Å². The summed E-state index contributed by atoms with van der Waals surface area (Å²) >= 11 is 0.